The van der Waals surface area contributed by atoms with Gasteiger partial charge >= 0.3 is 0 Å². The summed E-state index contributed by atoms with van der Waals surface area (Å²) < 4.78 is 6.44. The van der Waals surface area contributed by atoms with Crippen LogP contribution in [0.15, 0.2) is 18.2 Å². The van der Waals surface area contributed by atoms with Crippen LogP contribution in [-0.2, 0) is 0 Å². The molecule has 0 bridgehead atoms. The van der Waals surface area contributed by atoms with Crippen molar-refractivity contribution in [3.05, 3.63) is 18.2 Å². The van der Waals surface area contributed by atoms with Gasteiger partial charge in [-0.2, -0.15) is 0 Å². The van der Waals surface area contributed by atoms with Crippen LogP contribution in [0.3, 0.4) is 0 Å². The van der Waals surface area contributed by atoms with Crippen LogP contribution in [-0.4, -0.2) is 18.6 Å². The minimum Gasteiger partial charge on any atom is -0.497 e. The van der Waals surface area contributed by atoms with E-state index in [1.54, 1.807) is 18.4 Å². The molecular weight excluding hydrogens is 280 g/mol. The molecule has 1 N–H and O–H groups in total. The van der Waals surface area contributed by atoms with Crippen molar-refractivity contribution in [2.75, 3.05) is 19.0 Å². The van der Waals surface area contributed by atoms with Crippen LogP contribution < -0.4 is 10.1 Å². The Kier molecular flexibility index (Phi) is 4.63. The molecule has 21 heavy (non-hydrogen) atoms. The average Bonchev–Trinajstić information content (AvgIpc) is 2.91. The van der Waals surface area contributed by atoms with E-state index in [1.165, 1.54) is 36.8 Å². The van der Waals surface area contributed by atoms with Crippen molar-refractivity contribution in [3.63, 3.8) is 0 Å². The molecule has 1 fully saturated rings. The van der Waals surface area contributed by atoms with Crippen molar-refractivity contribution in [1.29, 1.82) is 0 Å². The Balaban J connectivity index is 1.53. The number of anilines is 1. The van der Waals surface area contributed by atoms with Gasteiger partial charge in [-0.05, 0) is 36.5 Å². The topological polar surface area (TPSA) is 34.1 Å². The zero-order valence-electron chi connectivity index (χ0n) is 12.9. The van der Waals surface area contributed by atoms with Crippen LogP contribution in [0.5, 0.6) is 5.75 Å². The standard InChI is InChI=1S/C17H24N2OS/c1-12-3-5-13(6-4-12)9-10-18-17-19-15-8-7-14(20-2)11-16(15)21-17/h7-8,11-13H,3-6,9-10H2,1-2H3,(H,18,19). The Labute approximate surface area is 130 Å². The molecule has 2 aromatic rings. The van der Waals surface area contributed by atoms with Gasteiger partial charge in [0.05, 0.1) is 17.3 Å². The Morgan fingerprint density at radius 3 is 2.86 bits per heavy atom. The quantitative estimate of drug-likeness (QED) is 0.850. The molecule has 3 rings (SSSR count). The predicted molar refractivity (Wildman–Crippen MR) is 90.4 cm³/mol. The third-order valence-electron chi connectivity index (χ3n) is 4.56. The van der Waals surface area contributed by atoms with Gasteiger partial charge < -0.3 is 10.1 Å². The summed E-state index contributed by atoms with van der Waals surface area (Å²) in [5.41, 5.74) is 1.05. The van der Waals surface area contributed by atoms with Gasteiger partial charge in [0.2, 0.25) is 0 Å². The minimum absolute atomic E-state index is 0.897. The minimum atomic E-state index is 0.897. The van der Waals surface area contributed by atoms with E-state index in [0.717, 1.165) is 34.8 Å². The monoisotopic (exact) mass is 304 g/mol. The molecule has 1 aliphatic carbocycles. The highest BCUT2D eigenvalue weighted by Gasteiger charge is 2.17. The van der Waals surface area contributed by atoms with E-state index in [1.807, 2.05) is 12.1 Å². The molecule has 0 aliphatic heterocycles. The molecule has 3 nitrogen and oxygen atoms in total. The van der Waals surface area contributed by atoms with Crippen molar-refractivity contribution < 1.29 is 4.74 Å². The summed E-state index contributed by atoms with van der Waals surface area (Å²) >= 11 is 1.71. The van der Waals surface area contributed by atoms with Gasteiger partial charge in [-0.3, -0.25) is 0 Å². The summed E-state index contributed by atoms with van der Waals surface area (Å²) in [4.78, 5) is 4.63. The Bertz CT molecular complexity index is 587. The SMILES string of the molecule is COc1ccc2nc(NCCC3CCC(C)CC3)sc2c1. The highest BCUT2D eigenvalue weighted by atomic mass is 32.1. The largest absolute Gasteiger partial charge is 0.497 e. The lowest BCUT2D eigenvalue weighted by atomic mass is 9.81. The van der Waals surface area contributed by atoms with E-state index in [-0.39, 0.29) is 0 Å². The number of methoxy groups -OCH3 is 1. The van der Waals surface area contributed by atoms with Crippen molar-refractivity contribution in [2.24, 2.45) is 11.8 Å². The summed E-state index contributed by atoms with van der Waals surface area (Å²) in [7, 11) is 1.70. The molecular formula is C17H24N2OS. The smallest absolute Gasteiger partial charge is 0.183 e. The molecule has 0 atom stereocenters. The molecule has 1 saturated carbocycles. The molecule has 114 valence electrons. The van der Waals surface area contributed by atoms with E-state index in [2.05, 4.69) is 23.3 Å². The zero-order valence-corrected chi connectivity index (χ0v) is 13.7. The molecule has 0 unspecified atom stereocenters. The van der Waals surface area contributed by atoms with E-state index in [4.69, 9.17) is 4.74 Å². The number of fused-ring (bicyclic) bond motifs is 1. The number of ether oxygens (including phenoxy) is 1. The van der Waals surface area contributed by atoms with E-state index in [0.29, 0.717) is 0 Å². The summed E-state index contributed by atoms with van der Waals surface area (Å²) in [6.45, 7) is 3.42. The van der Waals surface area contributed by atoms with Crippen LogP contribution >= 0.6 is 11.3 Å². The van der Waals surface area contributed by atoms with E-state index in [9.17, 15) is 0 Å². The zero-order chi connectivity index (χ0) is 14.7. The number of aromatic nitrogens is 1. The fourth-order valence-corrected chi connectivity index (χ4v) is 4.03. The number of nitrogens with zero attached hydrogens (tertiary/aromatic N) is 1. The van der Waals surface area contributed by atoms with Crippen LogP contribution in [0.2, 0.25) is 0 Å². The lowest BCUT2D eigenvalue weighted by Crippen LogP contribution is -2.15. The van der Waals surface area contributed by atoms with Crippen LogP contribution in [0, 0.1) is 11.8 Å². The number of thiazole rings is 1. The number of hydrogen-bond donors (Lipinski definition) is 1. The highest BCUT2D eigenvalue weighted by Crippen LogP contribution is 2.31. The molecule has 0 saturated heterocycles. The first-order valence-electron chi connectivity index (χ1n) is 7.93. The third-order valence-corrected chi connectivity index (χ3v) is 5.54. The number of hydrogen-bond acceptors (Lipinski definition) is 4. The van der Waals surface area contributed by atoms with Gasteiger partial charge in [0, 0.05) is 6.54 Å². The maximum atomic E-state index is 5.26. The maximum absolute atomic E-state index is 5.26. The summed E-state index contributed by atoms with van der Waals surface area (Å²) in [5.74, 6) is 2.74. The lowest BCUT2D eigenvalue weighted by molar-refractivity contribution is 0.282. The molecule has 1 aliphatic rings. The molecule has 4 heteroatoms. The highest BCUT2D eigenvalue weighted by molar-refractivity contribution is 7.22. The summed E-state index contributed by atoms with van der Waals surface area (Å²) in [5, 5.41) is 4.53. The van der Waals surface area contributed by atoms with Crippen LogP contribution in [0.4, 0.5) is 5.13 Å². The molecule has 0 radical (unpaired) electrons. The van der Waals surface area contributed by atoms with Crippen molar-refractivity contribution in [3.8, 4) is 5.75 Å². The first-order valence-corrected chi connectivity index (χ1v) is 8.74. The van der Waals surface area contributed by atoms with Crippen molar-refractivity contribution in [1.82, 2.24) is 4.98 Å². The molecule has 1 heterocycles. The van der Waals surface area contributed by atoms with Gasteiger partial charge in [-0.15, -0.1) is 0 Å². The fraction of sp³-hybridized carbons (Fsp3) is 0.588. The summed E-state index contributed by atoms with van der Waals surface area (Å²) in [6.07, 6.45) is 6.89. The Morgan fingerprint density at radius 2 is 2.10 bits per heavy atom. The van der Waals surface area contributed by atoms with Crippen LogP contribution in [0.1, 0.15) is 39.0 Å². The van der Waals surface area contributed by atoms with Crippen molar-refractivity contribution >= 4 is 26.7 Å². The molecule has 1 aromatic carbocycles. The first kappa shape index (κ1) is 14.6. The lowest BCUT2D eigenvalue weighted by Gasteiger charge is -2.26. The third kappa shape index (κ3) is 3.67. The Morgan fingerprint density at radius 1 is 1.29 bits per heavy atom. The van der Waals surface area contributed by atoms with Gasteiger partial charge in [0.25, 0.3) is 0 Å². The molecule has 1 aromatic heterocycles. The Hall–Kier alpha value is -1.29. The van der Waals surface area contributed by atoms with Gasteiger partial charge in [-0.1, -0.05) is 43.9 Å². The average molecular weight is 304 g/mol. The van der Waals surface area contributed by atoms with Gasteiger partial charge in [0.15, 0.2) is 5.13 Å². The molecule has 0 amide bonds. The van der Waals surface area contributed by atoms with E-state index < -0.39 is 0 Å². The second kappa shape index (κ2) is 6.65. The number of benzene rings is 1. The predicted octanol–water partition coefficient (Wildman–Crippen LogP) is 4.93. The fourth-order valence-electron chi connectivity index (χ4n) is 3.11. The summed E-state index contributed by atoms with van der Waals surface area (Å²) in [6, 6.07) is 6.05. The normalized spacial score (nSPS) is 22.4. The first-order chi connectivity index (χ1) is 10.2. The number of nitrogens with one attached hydrogen (secondary N) is 1. The van der Waals surface area contributed by atoms with E-state index >= 15 is 0 Å². The number of rotatable bonds is 5. The van der Waals surface area contributed by atoms with Crippen LogP contribution in [0.25, 0.3) is 10.2 Å². The van der Waals surface area contributed by atoms with Crippen molar-refractivity contribution in [2.45, 2.75) is 39.0 Å². The van der Waals surface area contributed by atoms with Gasteiger partial charge in [-0.25, -0.2) is 4.98 Å². The van der Waals surface area contributed by atoms with Gasteiger partial charge in [0.1, 0.15) is 5.75 Å². The molecule has 0 spiro atoms. The second-order valence-corrected chi connectivity index (χ2v) is 7.22. The maximum Gasteiger partial charge on any atom is 0.183 e. The second-order valence-electron chi connectivity index (χ2n) is 6.19.